The fourth-order valence-corrected chi connectivity index (χ4v) is 1.38. The first-order valence-corrected chi connectivity index (χ1v) is 4.38. The number of methoxy groups -OCH3 is 1. The van der Waals surface area contributed by atoms with Gasteiger partial charge in [-0.15, -0.1) is 0 Å². The van der Waals surface area contributed by atoms with Crippen molar-refractivity contribution in [3.05, 3.63) is 29.8 Å². The first-order chi connectivity index (χ1) is 7.63. The molecule has 6 heteroatoms. The van der Waals surface area contributed by atoms with Crippen molar-refractivity contribution < 1.29 is 18.0 Å². The molecule has 0 bridgehead atoms. The van der Waals surface area contributed by atoms with Crippen molar-refractivity contribution in [1.82, 2.24) is 5.16 Å². The predicted molar refractivity (Wildman–Crippen MR) is 52.8 cm³/mol. The summed E-state index contributed by atoms with van der Waals surface area (Å²) in [5.74, 6) is -1.55. The quantitative estimate of drug-likeness (QED) is 0.852. The lowest BCUT2D eigenvalue weighted by Crippen LogP contribution is -1.95. The summed E-state index contributed by atoms with van der Waals surface area (Å²) >= 11 is 0. The van der Waals surface area contributed by atoms with Gasteiger partial charge in [-0.05, 0) is 12.1 Å². The maximum atomic E-state index is 13.5. The minimum absolute atomic E-state index is 0.0146. The summed E-state index contributed by atoms with van der Waals surface area (Å²) < 4.78 is 36.3. The van der Waals surface area contributed by atoms with Crippen LogP contribution in [0.15, 0.2) is 22.7 Å². The number of aromatic nitrogens is 1. The van der Waals surface area contributed by atoms with Crippen LogP contribution in [0.5, 0.6) is 5.75 Å². The Balaban J connectivity index is 2.67. The highest BCUT2D eigenvalue weighted by molar-refractivity contribution is 5.69. The van der Waals surface area contributed by atoms with Crippen LogP contribution < -0.4 is 10.5 Å². The topological polar surface area (TPSA) is 61.3 Å². The van der Waals surface area contributed by atoms with Crippen LogP contribution in [-0.4, -0.2) is 12.3 Å². The molecule has 1 heterocycles. The van der Waals surface area contributed by atoms with Crippen LogP contribution in [0.3, 0.4) is 0 Å². The molecule has 2 aromatic rings. The molecule has 4 nitrogen and oxygen atoms in total. The van der Waals surface area contributed by atoms with Gasteiger partial charge in [-0.1, -0.05) is 5.16 Å². The molecule has 84 valence electrons. The maximum absolute atomic E-state index is 13.5. The van der Waals surface area contributed by atoms with Crippen molar-refractivity contribution in [3.63, 3.8) is 0 Å². The lowest BCUT2D eigenvalue weighted by atomic mass is 10.1. The fourth-order valence-electron chi connectivity index (χ4n) is 1.38. The molecule has 0 saturated carbocycles. The van der Waals surface area contributed by atoms with Crippen LogP contribution >= 0.6 is 0 Å². The summed E-state index contributed by atoms with van der Waals surface area (Å²) in [6.07, 6.45) is 0. The zero-order chi connectivity index (χ0) is 11.7. The van der Waals surface area contributed by atoms with E-state index in [1.165, 1.54) is 13.2 Å². The summed E-state index contributed by atoms with van der Waals surface area (Å²) in [6, 6.07) is 3.25. The van der Waals surface area contributed by atoms with E-state index in [0.717, 1.165) is 12.1 Å². The number of hydrogen-bond donors (Lipinski definition) is 1. The van der Waals surface area contributed by atoms with Gasteiger partial charge in [0.15, 0.2) is 11.6 Å². The molecule has 0 spiro atoms. The molecule has 1 aromatic carbocycles. The van der Waals surface area contributed by atoms with Gasteiger partial charge in [-0.2, -0.15) is 0 Å². The van der Waals surface area contributed by atoms with Gasteiger partial charge >= 0.3 is 0 Å². The molecule has 0 aliphatic rings. The van der Waals surface area contributed by atoms with Crippen molar-refractivity contribution in [2.24, 2.45) is 0 Å². The van der Waals surface area contributed by atoms with Gasteiger partial charge in [0.05, 0.1) is 12.7 Å². The molecule has 2 N–H and O–H groups in total. The van der Waals surface area contributed by atoms with E-state index >= 15 is 0 Å². The zero-order valence-corrected chi connectivity index (χ0v) is 8.33. The normalized spacial score (nSPS) is 10.4. The average Bonchev–Trinajstić information content (AvgIpc) is 2.67. The highest BCUT2D eigenvalue weighted by atomic mass is 19.1. The Morgan fingerprint density at radius 2 is 2.00 bits per heavy atom. The minimum atomic E-state index is -0.680. The zero-order valence-electron chi connectivity index (χ0n) is 8.33. The number of nitrogens with two attached hydrogens (primary N) is 1. The average molecular weight is 226 g/mol. The van der Waals surface area contributed by atoms with Crippen molar-refractivity contribution >= 4 is 5.88 Å². The van der Waals surface area contributed by atoms with Crippen LogP contribution in [0.2, 0.25) is 0 Å². The fraction of sp³-hybridized carbons (Fsp3) is 0.100. The van der Waals surface area contributed by atoms with Crippen LogP contribution in [-0.2, 0) is 0 Å². The second kappa shape index (κ2) is 3.80. The summed E-state index contributed by atoms with van der Waals surface area (Å²) in [4.78, 5) is 0. The molecule has 0 unspecified atom stereocenters. The Labute approximate surface area is 89.6 Å². The van der Waals surface area contributed by atoms with Gasteiger partial charge in [0.1, 0.15) is 11.5 Å². The van der Waals surface area contributed by atoms with E-state index in [-0.39, 0.29) is 22.9 Å². The molecule has 0 fully saturated rings. The summed E-state index contributed by atoms with van der Waals surface area (Å²) in [6.45, 7) is 0. The molecule has 0 amide bonds. The van der Waals surface area contributed by atoms with Gasteiger partial charge in [0, 0.05) is 6.07 Å². The van der Waals surface area contributed by atoms with Gasteiger partial charge in [0.2, 0.25) is 5.88 Å². The summed E-state index contributed by atoms with van der Waals surface area (Å²) in [5, 5.41) is 3.51. The van der Waals surface area contributed by atoms with E-state index in [1.54, 1.807) is 0 Å². The van der Waals surface area contributed by atoms with Crippen LogP contribution in [0.25, 0.3) is 11.3 Å². The van der Waals surface area contributed by atoms with Gasteiger partial charge < -0.3 is 15.0 Å². The Kier molecular flexibility index (Phi) is 2.47. The molecule has 1 aromatic heterocycles. The Morgan fingerprint density at radius 3 is 2.56 bits per heavy atom. The number of anilines is 1. The lowest BCUT2D eigenvalue weighted by Gasteiger charge is -2.07. The standard InChI is InChI=1S/C10H8F2N2O2/c1-15-10-6(12)3-2-5(11)9(10)7-4-8(13)16-14-7/h2-4H,13H2,1H3. The molecule has 0 atom stereocenters. The van der Waals surface area contributed by atoms with E-state index in [0.29, 0.717) is 0 Å². The molecule has 16 heavy (non-hydrogen) atoms. The number of rotatable bonds is 2. The van der Waals surface area contributed by atoms with Crippen LogP contribution in [0, 0.1) is 11.6 Å². The van der Waals surface area contributed by atoms with E-state index in [9.17, 15) is 8.78 Å². The highest BCUT2D eigenvalue weighted by Gasteiger charge is 2.19. The van der Waals surface area contributed by atoms with E-state index in [1.807, 2.05) is 0 Å². The monoisotopic (exact) mass is 226 g/mol. The Morgan fingerprint density at radius 1 is 1.31 bits per heavy atom. The largest absolute Gasteiger partial charge is 0.493 e. The van der Waals surface area contributed by atoms with Crippen molar-refractivity contribution in [3.8, 4) is 17.0 Å². The third-order valence-electron chi connectivity index (χ3n) is 2.05. The van der Waals surface area contributed by atoms with Gasteiger partial charge in [-0.25, -0.2) is 8.78 Å². The van der Waals surface area contributed by atoms with Crippen LogP contribution in [0.4, 0.5) is 14.7 Å². The molecule has 0 saturated heterocycles. The Hall–Kier alpha value is -2.11. The first kappa shape index (κ1) is 10.4. The third kappa shape index (κ3) is 1.58. The molecule has 0 aliphatic carbocycles. The second-order valence-corrected chi connectivity index (χ2v) is 3.05. The predicted octanol–water partition coefficient (Wildman–Crippen LogP) is 2.21. The van der Waals surface area contributed by atoms with Crippen LogP contribution in [0.1, 0.15) is 0 Å². The lowest BCUT2D eigenvalue weighted by molar-refractivity contribution is 0.383. The SMILES string of the molecule is COc1c(F)ccc(F)c1-c1cc(N)on1. The maximum Gasteiger partial charge on any atom is 0.222 e. The summed E-state index contributed by atoms with van der Waals surface area (Å²) in [7, 11) is 1.24. The number of nitrogen functional groups attached to an aromatic ring is 1. The number of nitrogens with zero attached hydrogens (tertiary/aromatic N) is 1. The smallest absolute Gasteiger partial charge is 0.222 e. The van der Waals surface area contributed by atoms with E-state index in [4.69, 9.17) is 10.5 Å². The minimum Gasteiger partial charge on any atom is -0.493 e. The second-order valence-electron chi connectivity index (χ2n) is 3.05. The first-order valence-electron chi connectivity index (χ1n) is 4.38. The third-order valence-corrected chi connectivity index (χ3v) is 2.05. The molecule has 2 rings (SSSR count). The summed E-state index contributed by atoms with van der Waals surface area (Å²) in [5.41, 5.74) is 5.29. The molecular weight excluding hydrogens is 218 g/mol. The van der Waals surface area contributed by atoms with Crippen molar-refractivity contribution in [1.29, 1.82) is 0 Å². The molecule has 0 aliphatic heterocycles. The number of halogens is 2. The van der Waals surface area contributed by atoms with E-state index in [2.05, 4.69) is 9.68 Å². The number of hydrogen-bond acceptors (Lipinski definition) is 4. The number of ether oxygens (including phenoxy) is 1. The van der Waals surface area contributed by atoms with E-state index < -0.39 is 11.6 Å². The molecular formula is C10H8F2N2O2. The number of benzene rings is 1. The molecule has 0 radical (unpaired) electrons. The highest BCUT2D eigenvalue weighted by Crippen LogP contribution is 2.34. The Bertz CT molecular complexity index is 526. The van der Waals surface area contributed by atoms with Crippen molar-refractivity contribution in [2.45, 2.75) is 0 Å². The van der Waals surface area contributed by atoms with Gasteiger partial charge in [-0.3, -0.25) is 0 Å². The van der Waals surface area contributed by atoms with Crippen molar-refractivity contribution in [2.75, 3.05) is 12.8 Å². The van der Waals surface area contributed by atoms with Gasteiger partial charge in [0.25, 0.3) is 0 Å².